The van der Waals surface area contributed by atoms with Crippen LogP contribution in [0.2, 0.25) is 0 Å². The molecule has 0 saturated heterocycles. The topological polar surface area (TPSA) is 87.7 Å². The number of carboxylic acid groups (broad SMARTS) is 1. The molecule has 0 aromatic carbocycles. The number of hydrogen-bond acceptors (Lipinski definition) is 5. The summed E-state index contributed by atoms with van der Waals surface area (Å²) in [6.45, 7) is 1.87. The van der Waals surface area contributed by atoms with Crippen LogP contribution in [0, 0.1) is 11.8 Å². The number of rotatable bonds is 2. The first kappa shape index (κ1) is 16.1. The normalized spacial score (nSPS) is 28.0. The third-order valence-electron chi connectivity index (χ3n) is 3.34. The molecular weight excluding hydrogens is 261 g/mol. The number of alkyl carbamates (subject to hydrolysis) is 1. The van der Waals surface area contributed by atoms with Crippen LogP contribution in [0.5, 0.6) is 0 Å². The second-order valence-corrected chi connectivity index (χ2v) is 4.34. The second kappa shape index (κ2) is 6.45. The predicted octanol–water partition coefficient (Wildman–Crippen LogP) is -3.08. The molecule has 98 valence electrons. The second-order valence-electron chi connectivity index (χ2n) is 4.34. The van der Waals surface area contributed by atoms with E-state index in [0.29, 0.717) is 6.42 Å². The van der Waals surface area contributed by atoms with E-state index >= 15 is 0 Å². The van der Waals surface area contributed by atoms with E-state index in [1.54, 1.807) is 0 Å². The third-order valence-corrected chi connectivity index (χ3v) is 3.34. The third kappa shape index (κ3) is 3.13. The van der Waals surface area contributed by atoms with E-state index in [-0.39, 0.29) is 47.0 Å². The smallest absolute Gasteiger partial charge is 0.545 e. The number of allylic oxidation sites excluding steroid dienone is 1. The van der Waals surface area contributed by atoms with Crippen LogP contribution in [0.25, 0.3) is 0 Å². The quantitative estimate of drug-likeness (QED) is 0.426. The number of carboxylic acids is 1. The van der Waals surface area contributed by atoms with Gasteiger partial charge in [0.2, 0.25) is 0 Å². The summed E-state index contributed by atoms with van der Waals surface area (Å²) in [5, 5.41) is 13.3. The van der Waals surface area contributed by atoms with E-state index in [1.807, 2.05) is 13.0 Å². The summed E-state index contributed by atoms with van der Waals surface area (Å²) in [5.74, 6) is -1.76. The first-order valence-electron chi connectivity index (χ1n) is 5.66. The minimum Gasteiger partial charge on any atom is -0.545 e. The van der Waals surface area contributed by atoms with E-state index < -0.39 is 18.4 Å². The molecular formula is C12H14NNaO5. The first-order chi connectivity index (χ1) is 8.54. The zero-order chi connectivity index (χ0) is 13.3. The number of fused-ring (bicyclic) bond motifs is 1. The molecule has 1 aliphatic carbocycles. The van der Waals surface area contributed by atoms with Crippen molar-refractivity contribution in [1.29, 1.82) is 0 Å². The molecule has 0 aromatic rings. The molecule has 7 heteroatoms. The maximum absolute atomic E-state index is 11.2. The van der Waals surface area contributed by atoms with Gasteiger partial charge in [-0.25, -0.2) is 4.79 Å². The van der Waals surface area contributed by atoms with Gasteiger partial charge in [0, 0.05) is 18.5 Å². The molecule has 0 spiro atoms. The monoisotopic (exact) mass is 275 g/mol. The zero-order valence-electron chi connectivity index (χ0n) is 11.1. The van der Waals surface area contributed by atoms with Gasteiger partial charge in [0.1, 0.15) is 0 Å². The van der Waals surface area contributed by atoms with Crippen LogP contribution >= 0.6 is 0 Å². The Hall–Kier alpha value is -0.980. The number of aliphatic carboxylic acids is 1. The SMILES string of the molecule is CNC(=O)OC1OC=C(C(=O)[O-])C2CC=C(C)C12.[Na+]. The van der Waals surface area contributed by atoms with Crippen LogP contribution < -0.4 is 40.0 Å². The van der Waals surface area contributed by atoms with Gasteiger partial charge in [-0.05, 0) is 13.3 Å². The Morgan fingerprint density at radius 1 is 1.53 bits per heavy atom. The Morgan fingerprint density at radius 2 is 2.21 bits per heavy atom. The van der Waals surface area contributed by atoms with E-state index in [9.17, 15) is 14.7 Å². The van der Waals surface area contributed by atoms with Gasteiger partial charge in [-0.2, -0.15) is 0 Å². The van der Waals surface area contributed by atoms with E-state index in [2.05, 4.69) is 5.32 Å². The Kier molecular flexibility index (Phi) is 5.46. The fraction of sp³-hybridized carbons (Fsp3) is 0.500. The van der Waals surface area contributed by atoms with Gasteiger partial charge in [0.05, 0.1) is 18.1 Å². The standard InChI is InChI=1S/C12H15NO5.Na/c1-6-3-4-7-8(10(14)15)5-17-11(9(6)7)18-12(16)13-2;/h3,5,7,9,11H,4H2,1-2H3,(H,13,16)(H,14,15);/q;+1/p-1. The van der Waals surface area contributed by atoms with Gasteiger partial charge in [-0.3, -0.25) is 0 Å². The molecule has 3 atom stereocenters. The van der Waals surface area contributed by atoms with Crippen molar-refractivity contribution in [3.63, 3.8) is 0 Å². The number of carbonyl (C=O) groups excluding carboxylic acids is 2. The average Bonchev–Trinajstić information content (AvgIpc) is 2.72. The summed E-state index contributed by atoms with van der Waals surface area (Å²) < 4.78 is 10.3. The maximum Gasteiger partial charge on any atom is 1.00 e. The van der Waals surface area contributed by atoms with Crippen molar-refractivity contribution in [2.24, 2.45) is 11.8 Å². The summed E-state index contributed by atoms with van der Waals surface area (Å²) in [6.07, 6.45) is 2.24. The molecule has 0 radical (unpaired) electrons. The molecule has 1 heterocycles. The van der Waals surface area contributed by atoms with Crippen LogP contribution in [0.1, 0.15) is 13.3 Å². The van der Waals surface area contributed by atoms with Gasteiger partial charge in [-0.1, -0.05) is 11.6 Å². The fourth-order valence-corrected chi connectivity index (χ4v) is 2.42. The summed E-state index contributed by atoms with van der Waals surface area (Å²) >= 11 is 0. The van der Waals surface area contributed by atoms with Crippen molar-refractivity contribution in [2.45, 2.75) is 19.6 Å². The summed E-state index contributed by atoms with van der Waals surface area (Å²) in [7, 11) is 1.45. The number of nitrogens with one attached hydrogen (secondary N) is 1. The first-order valence-corrected chi connectivity index (χ1v) is 5.66. The van der Waals surface area contributed by atoms with Crippen LogP contribution in [-0.2, 0) is 14.3 Å². The molecule has 6 nitrogen and oxygen atoms in total. The molecule has 1 aliphatic heterocycles. The van der Waals surface area contributed by atoms with E-state index in [4.69, 9.17) is 9.47 Å². The van der Waals surface area contributed by atoms with Crippen LogP contribution in [0.15, 0.2) is 23.5 Å². The number of hydrogen-bond donors (Lipinski definition) is 1. The minimum absolute atomic E-state index is 0. The summed E-state index contributed by atoms with van der Waals surface area (Å²) in [5.41, 5.74) is 1.07. The Balaban J connectivity index is 0.00000180. The van der Waals surface area contributed by atoms with Gasteiger partial charge < -0.3 is 24.7 Å². The molecule has 0 aromatic heterocycles. The van der Waals surface area contributed by atoms with Crippen molar-refractivity contribution in [2.75, 3.05) is 7.05 Å². The van der Waals surface area contributed by atoms with Crippen LogP contribution in [-0.4, -0.2) is 25.4 Å². The Bertz CT molecular complexity index is 445. The van der Waals surface area contributed by atoms with E-state index in [0.717, 1.165) is 11.8 Å². The predicted molar refractivity (Wildman–Crippen MR) is 58.9 cm³/mol. The van der Waals surface area contributed by atoms with Crippen molar-refractivity contribution in [3.8, 4) is 0 Å². The average molecular weight is 275 g/mol. The number of amides is 1. The molecule has 0 fully saturated rings. The van der Waals surface area contributed by atoms with Crippen molar-refractivity contribution >= 4 is 12.1 Å². The van der Waals surface area contributed by atoms with Gasteiger partial charge >= 0.3 is 35.7 Å². The van der Waals surface area contributed by atoms with Gasteiger partial charge in [0.15, 0.2) is 0 Å². The Morgan fingerprint density at radius 3 is 2.79 bits per heavy atom. The van der Waals surface area contributed by atoms with Crippen molar-refractivity contribution < 1.29 is 53.7 Å². The zero-order valence-corrected chi connectivity index (χ0v) is 13.1. The molecule has 2 rings (SSSR count). The summed E-state index contributed by atoms with van der Waals surface area (Å²) in [6, 6.07) is 0. The largest absolute Gasteiger partial charge is 1.00 e. The molecule has 0 saturated carbocycles. The molecule has 1 amide bonds. The minimum atomic E-state index is -1.24. The number of carbonyl (C=O) groups is 2. The summed E-state index contributed by atoms with van der Waals surface area (Å²) in [4.78, 5) is 22.2. The van der Waals surface area contributed by atoms with Crippen LogP contribution in [0.4, 0.5) is 4.79 Å². The molecule has 19 heavy (non-hydrogen) atoms. The van der Waals surface area contributed by atoms with E-state index in [1.165, 1.54) is 7.05 Å². The number of ether oxygens (including phenoxy) is 2. The van der Waals surface area contributed by atoms with Gasteiger partial charge in [-0.15, -0.1) is 0 Å². The molecule has 0 bridgehead atoms. The van der Waals surface area contributed by atoms with Crippen molar-refractivity contribution in [3.05, 3.63) is 23.5 Å². The van der Waals surface area contributed by atoms with Crippen molar-refractivity contribution in [1.82, 2.24) is 5.32 Å². The molecule has 3 unspecified atom stereocenters. The molecule has 1 N–H and O–H groups in total. The molecule has 2 aliphatic rings. The van der Waals surface area contributed by atoms with Gasteiger partial charge in [0.25, 0.3) is 6.29 Å². The maximum atomic E-state index is 11.2. The fourth-order valence-electron chi connectivity index (χ4n) is 2.42. The Labute approximate surface area is 133 Å². The van der Waals surface area contributed by atoms with Crippen LogP contribution in [0.3, 0.4) is 0 Å².